The van der Waals surface area contributed by atoms with Gasteiger partial charge in [0, 0.05) is 55.7 Å². The Balaban J connectivity index is 1.53. The number of benzene rings is 2. The number of hydrogen-bond donors (Lipinski definition) is 3. The molecule has 8 nitrogen and oxygen atoms in total. The van der Waals surface area contributed by atoms with E-state index in [0.29, 0.717) is 23.4 Å². The molecule has 1 amide bonds. The highest BCUT2D eigenvalue weighted by Crippen LogP contribution is 2.27. The molecule has 0 fully saturated rings. The van der Waals surface area contributed by atoms with Crippen molar-refractivity contribution in [2.24, 2.45) is 5.92 Å². The van der Waals surface area contributed by atoms with E-state index in [-0.39, 0.29) is 24.5 Å². The largest absolute Gasteiger partial charge is 0.399 e. The maximum atomic E-state index is 12.4. The van der Waals surface area contributed by atoms with Crippen LogP contribution >= 0.6 is 0 Å². The second-order valence-corrected chi connectivity index (χ2v) is 7.88. The first kappa shape index (κ1) is 24.2. The predicted octanol–water partition coefficient (Wildman–Crippen LogP) is 3.62. The maximum absolute atomic E-state index is 12.4. The number of allylic oxidation sites excluding steroid dienone is 1. The Morgan fingerprint density at radius 2 is 1.94 bits per heavy atom. The van der Waals surface area contributed by atoms with Gasteiger partial charge in [-0.25, -0.2) is 0 Å². The summed E-state index contributed by atoms with van der Waals surface area (Å²) < 4.78 is 7.53. The minimum Gasteiger partial charge on any atom is -0.399 e. The molecule has 174 valence electrons. The number of aryl methyl sites for hydroxylation is 1. The standard InChI is InChI=1S/C25H31N5O3/c1-18(5-3-4-15-30-17-23(14-16-31)28-29-30)24(33-2)19-8-12-22(13-9-19)27-25(32)20-6-10-21(26)11-7-20/h3,5-13,17-18,24,31H,4,14-16,26H2,1-2H3,(H,27,32)/b5-3+/t18-,24+/m0/s1. The number of methoxy groups -OCH3 is 1. The lowest BCUT2D eigenvalue weighted by Gasteiger charge is -2.21. The van der Waals surface area contributed by atoms with E-state index in [1.54, 1.807) is 36.1 Å². The number of aromatic nitrogens is 3. The van der Waals surface area contributed by atoms with E-state index in [4.69, 9.17) is 15.6 Å². The van der Waals surface area contributed by atoms with E-state index in [0.717, 1.165) is 24.2 Å². The molecule has 0 bridgehead atoms. The average Bonchev–Trinajstić information content (AvgIpc) is 3.26. The van der Waals surface area contributed by atoms with E-state index >= 15 is 0 Å². The van der Waals surface area contributed by atoms with E-state index in [1.807, 2.05) is 30.5 Å². The Labute approximate surface area is 194 Å². The molecular formula is C25H31N5O3. The molecule has 0 aliphatic heterocycles. The van der Waals surface area contributed by atoms with Crippen LogP contribution in [0.1, 0.15) is 41.1 Å². The number of carbonyl (C=O) groups excluding carboxylic acids is 1. The summed E-state index contributed by atoms with van der Waals surface area (Å²) in [6.07, 6.45) is 7.34. The van der Waals surface area contributed by atoms with Gasteiger partial charge < -0.3 is 20.9 Å². The van der Waals surface area contributed by atoms with Crippen molar-refractivity contribution in [3.63, 3.8) is 0 Å². The number of carbonyl (C=O) groups is 1. The number of anilines is 2. The fraction of sp³-hybridized carbons (Fsp3) is 0.320. The Hall–Kier alpha value is -3.49. The van der Waals surface area contributed by atoms with Crippen molar-refractivity contribution < 1.29 is 14.6 Å². The minimum absolute atomic E-state index is 0.0739. The van der Waals surface area contributed by atoms with Crippen LogP contribution in [0.3, 0.4) is 0 Å². The zero-order valence-electron chi connectivity index (χ0n) is 19.0. The Bertz CT molecular complexity index is 1040. The predicted molar refractivity (Wildman–Crippen MR) is 129 cm³/mol. The first-order chi connectivity index (χ1) is 16.0. The zero-order valence-corrected chi connectivity index (χ0v) is 19.0. The van der Waals surface area contributed by atoms with E-state index in [1.165, 1.54) is 0 Å². The number of rotatable bonds is 11. The highest BCUT2D eigenvalue weighted by atomic mass is 16.5. The van der Waals surface area contributed by atoms with Gasteiger partial charge in [-0.05, 0) is 48.4 Å². The third-order valence-corrected chi connectivity index (χ3v) is 5.32. The first-order valence-electron chi connectivity index (χ1n) is 11.0. The van der Waals surface area contributed by atoms with E-state index in [9.17, 15) is 4.79 Å². The third-order valence-electron chi connectivity index (χ3n) is 5.32. The summed E-state index contributed by atoms with van der Waals surface area (Å²) in [6.45, 7) is 2.91. The quantitative estimate of drug-likeness (QED) is 0.304. The summed E-state index contributed by atoms with van der Waals surface area (Å²) in [5.74, 6) is -0.0240. The van der Waals surface area contributed by atoms with Gasteiger partial charge in [0.1, 0.15) is 0 Å². The molecule has 1 aromatic heterocycles. The van der Waals surface area contributed by atoms with Crippen molar-refractivity contribution in [1.29, 1.82) is 0 Å². The van der Waals surface area contributed by atoms with Gasteiger partial charge in [0.25, 0.3) is 5.91 Å². The van der Waals surface area contributed by atoms with Gasteiger partial charge in [-0.2, -0.15) is 0 Å². The first-order valence-corrected chi connectivity index (χ1v) is 11.0. The Morgan fingerprint density at radius 3 is 2.61 bits per heavy atom. The number of hydrogen-bond acceptors (Lipinski definition) is 6. The molecule has 0 aliphatic carbocycles. The second kappa shape index (κ2) is 11.9. The highest BCUT2D eigenvalue weighted by Gasteiger charge is 2.17. The number of aliphatic hydroxyl groups excluding tert-OH is 1. The van der Waals surface area contributed by atoms with Crippen LogP contribution < -0.4 is 11.1 Å². The van der Waals surface area contributed by atoms with Crippen molar-refractivity contribution in [2.45, 2.75) is 32.4 Å². The summed E-state index contributed by atoms with van der Waals surface area (Å²) >= 11 is 0. The number of amides is 1. The number of nitrogen functional groups attached to an aromatic ring is 1. The third kappa shape index (κ3) is 7.00. The van der Waals surface area contributed by atoms with Crippen LogP contribution in [0.2, 0.25) is 0 Å². The molecule has 33 heavy (non-hydrogen) atoms. The highest BCUT2D eigenvalue weighted by molar-refractivity contribution is 6.04. The van der Waals surface area contributed by atoms with Crippen LogP contribution in [0.5, 0.6) is 0 Å². The van der Waals surface area contributed by atoms with Gasteiger partial charge in [-0.15, -0.1) is 5.10 Å². The van der Waals surface area contributed by atoms with Crippen LogP contribution in [0.4, 0.5) is 11.4 Å². The smallest absolute Gasteiger partial charge is 0.255 e. The normalized spacial score (nSPS) is 13.2. The van der Waals surface area contributed by atoms with Gasteiger partial charge in [-0.1, -0.05) is 36.4 Å². The summed E-state index contributed by atoms with van der Waals surface area (Å²) in [6, 6.07) is 14.5. The van der Waals surface area contributed by atoms with Crippen molar-refractivity contribution >= 4 is 17.3 Å². The lowest BCUT2D eigenvalue weighted by atomic mass is 9.96. The summed E-state index contributed by atoms with van der Waals surface area (Å²) in [5, 5.41) is 19.9. The van der Waals surface area contributed by atoms with E-state index < -0.39 is 0 Å². The monoisotopic (exact) mass is 449 g/mol. The number of nitrogens with two attached hydrogens (primary N) is 1. The summed E-state index contributed by atoms with van der Waals surface area (Å²) in [4.78, 5) is 12.4. The molecule has 2 atom stereocenters. The minimum atomic E-state index is -0.182. The molecular weight excluding hydrogens is 418 g/mol. The lowest BCUT2D eigenvalue weighted by Crippen LogP contribution is -2.13. The molecule has 0 aliphatic rings. The van der Waals surface area contributed by atoms with Crippen molar-refractivity contribution in [3.05, 3.63) is 83.7 Å². The van der Waals surface area contributed by atoms with Gasteiger partial charge in [0.15, 0.2) is 0 Å². The fourth-order valence-electron chi connectivity index (χ4n) is 3.54. The van der Waals surface area contributed by atoms with Crippen LogP contribution in [0.25, 0.3) is 0 Å². The van der Waals surface area contributed by atoms with Crippen LogP contribution in [0, 0.1) is 5.92 Å². The van der Waals surface area contributed by atoms with Crippen molar-refractivity contribution in [1.82, 2.24) is 15.0 Å². The molecule has 1 heterocycles. The Kier molecular flexibility index (Phi) is 8.74. The van der Waals surface area contributed by atoms with Crippen molar-refractivity contribution in [2.75, 3.05) is 24.8 Å². The van der Waals surface area contributed by atoms with Crippen LogP contribution in [-0.2, 0) is 17.7 Å². The van der Waals surface area contributed by atoms with Gasteiger partial charge in [0.05, 0.1) is 11.8 Å². The second-order valence-electron chi connectivity index (χ2n) is 7.88. The molecule has 0 radical (unpaired) electrons. The summed E-state index contributed by atoms with van der Waals surface area (Å²) in [5.41, 5.74) is 9.39. The lowest BCUT2D eigenvalue weighted by molar-refractivity contribution is 0.0741. The van der Waals surface area contributed by atoms with Gasteiger partial charge >= 0.3 is 0 Å². The average molecular weight is 450 g/mol. The number of ether oxygens (including phenoxy) is 1. The van der Waals surface area contributed by atoms with E-state index in [2.05, 4.69) is 34.7 Å². The molecule has 0 unspecified atom stereocenters. The number of nitrogens with one attached hydrogen (secondary N) is 1. The molecule has 0 spiro atoms. The molecule has 0 saturated carbocycles. The number of nitrogens with zero attached hydrogens (tertiary/aromatic N) is 3. The SMILES string of the molecule is CO[C@@H](c1ccc(NC(=O)c2ccc(N)cc2)cc1)[C@@H](C)/C=C/CCn1cc(CCO)nn1. The van der Waals surface area contributed by atoms with Crippen molar-refractivity contribution in [3.8, 4) is 0 Å². The van der Waals surface area contributed by atoms with Gasteiger partial charge in [-0.3, -0.25) is 9.48 Å². The van der Waals surface area contributed by atoms with Gasteiger partial charge in [0.2, 0.25) is 0 Å². The molecule has 3 rings (SSSR count). The molecule has 0 saturated heterocycles. The molecule has 8 heteroatoms. The molecule has 3 aromatic rings. The summed E-state index contributed by atoms with van der Waals surface area (Å²) in [7, 11) is 1.70. The fourth-order valence-corrected chi connectivity index (χ4v) is 3.54. The van der Waals surface area contributed by atoms with Crippen LogP contribution in [-0.4, -0.2) is 39.7 Å². The number of aliphatic hydroxyl groups is 1. The molecule has 4 N–H and O–H groups in total. The maximum Gasteiger partial charge on any atom is 0.255 e. The zero-order chi connectivity index (χ0) is 23.6. The van der Waals surface area contributed by atoms with Crippen LogP contribution in [0.15, 0.2) is 66.9 Å². The Morgan fingerprint density at radius 1 is 1.21 bits per heavy atom. The molecule has 2 aromatic carbocycles. The topological polar surface area (TPSA) is 115 Å².